The maximum absolute atomic E-state index is 6.11. The molecule has 1 aliphatic carbocycles. The fourth-order valence-corrected chi connectivity index (χ4v) is 4.47. The lowest BCUT2D eigenvalue weighted by atomic mass is 9.76. The van der Waals surface area contributed by atoms with Crippen LogP contribution < -0.4 is 0 Å². The number of hydrogen-bond acceptors (Lipinski definition) is 3. The fraction of sp³-hybridized carbons (Fsp3) is 0.227. The molecule has 0 spiro atoms. The Hall–Kier alpha value is -2.43. The van der Waals surface area contributed by atoms with E-state index >= 15 is 0 Å². The van der Waals surface area contributed by atoms with E-state index in [1.807, 2.05) is 41.1 Å². The number of nitrogens with zero attached hydrogens (tertiary/aromatic N) is 4. The summed E-state index contributed by atoms with van der Waals surface area (Å²) in [4.78, 5) is 9.29. The Balaban J connectivity index is 1.60. The molecule has 0 radical (unpaired) electrons. The van der Waals surface area contributed by atoms with Gasteiger partial charge < -0.3 is 0 Å². The first-order chi connectivity index (χ1) is 13.7. The van der Waals surface area contributed by atoms with E-state index < -0.39 is 0 Å². The van der Waals surface area contributed by atoms with Gasteiger partial charge in [0.1, 0.15) is 6.33 Å². The Morgan fingerprint density at radius 3 is 2.43 bits per heavy atom. The highest BCUT2D eigenvalue weighted by atomic mass is 35.5. The number of halogens is 2. The van der Waals surface area contributed by atoms with Gasteiger partial charge in [0, 0.05) is 16.0 Å². The van der Waals surface area contributed by atoms with Crippen molar-refractivity contribution >= 4 is 40.9 Å². The van der Waals surface area contributed by atoms with E-state index in [1.165, 1.54) is 11.1 Å². The molecule has 0 N–H and O–H groups in total. The third-order valence-electron chi connectivity index (χ3n) is 5.48. The molecular formula is C22H18Cl2N4. The zero-order valence-electron chi connectivity index (χ0n) is 15.1. The zero-order valence-corrected chi connectivity index (χ0v) is 16.6. The van der Waals surface area contributed by atoms with E-state index in [1.54, 1.807) is 6.33 Å². The van der Waals surface area contributed by atoms with Gasteiger partial charge in [-0.1, -0.05) is 47.5 Å². The lowest BCUT2D eigenvalue weighted by molar-refractivity contribution is 0.385. The van der Waals surface area contributed by atoms with Crippen LogP contribution in [-0.2, 0) is 0 Å². The van der Waals surface area contributed by atoms with E-state index in [0.717, 1.165) is 40.6 Å². The van der Waals surface area contributed by atoms with Gasteiger partial charge in [0.25, 0.3) is 0 Å². The Morgan fingerprint density at radius 1 is 0.964 bits per heavy atom. The second-order valence-corrected chi connectivity index (χ2v) is 8.09. The Kier molecular flexibility index (Phi) is 4.53. The quantitative estimate of drug-likeness (QED) is 0.510. The summed E-state index contributed by atoms with van der Waals surface area (Å²) < 4.78 is 1.95. The molecule has 1 aromatic heterocycles. The second kappa shape index (κ2) is 7.19. The molecule has 1 fully saturated rings. The molecule has 2 heterocycles. The van der Waals surface area contributed by atoms with Gasteiger partial charge in [-0.25, -0.2) is 9.67 Å². The van der Waals surface area contributed by atoms with Crippen molar-refractivity contribution < 1.29 is 0 Å². The summed E-state index contributed by atoms with van der Waals surface area (Å²) in [5, 5.41) is 5.96. The van der Waals surface area contributed by atoms with Gasteiger partial charge in [-0.2, -0.15) is 10.1 Å². The third-order valence-corrected chi connectivity index (χ3v) is 5.99. The molecule has 2 unspecified atom stereocenters. The minimum Gasteiger partial charge on any atom is -0.222 e. The highest BCUT2D eigenvalue weighted by Crippen LogP contribution is 2.43. The lowest BCUT2D eigenvalue weighted by Gasteiger charge is -2.36. The Bertz CT molecular complexity index is 1060. The van der Waals surface area contributed by atoms with Crippen molar-refractivity contribution in [2.45, 2.75) is 25.3 Å². The van der Waals surface area contributed by atoms with Crippen LogP contribution in [-0.4, -0.2) is 20.5 Å². The Labute approximate surface area is 173 Å². The van der Waals surface area contributed by atoms with Crippen LogP contribution in [0, 0.1) is 5.92 Å². The molecule has 140 valence electrons. The number of aliphatic imine (C=N–C) groups is 1. The Morgan fingerprint density at radius 2 is 1.68 bits per heavy atom. The van der Waals surface area contributed by atoms with Crippen LogP contribution in [0.1, 0.15) is 36.4 Å². The van der Waals surface area contributed by atoms with Crippen molar-refractivity contribution in [2.75, 3.05) is 0 Å². The van der Waals surface area contributed by atoms with Gasteiger partial charge in [-0.3, -0.25) is 0 Å². The monoisotopic (exact) mass is 408 g/mol. The number of fused-ring (bicyclic) bond motifs is 2. The normalized spacial score (nSPS) is 22.5. The van der Waals surface area contributed by atoms with Gasteiger partial charge in [0.2, 0.25) is 5.95 Å². The lowest BCUT2D eigenvalue weighted by Crippen LogP contribution is -2.34. The molecule has 0 amide bonds. The smallest absolute Gasteiger partial charge is 0.222 e. The van der Waals surface area contributed by atoms with Crippen LogP contribution in [0.2, 0.25) is 10.0 Å². The molecule has 0 saturated heterocycles. The molecule has 2 aromatic carbocycles. The molecule has 1 aliphatic heterocycles. The first-order valence-electron chi connectivity index (χ1n) is 9.39. The van der Waals surface area contributed by atoms with Crippen LogP contribution in [0.25, 0.3) is 6.08 Å². The highest BCUT2D eigenvalue weighted by molar-refractivity contribution is 6.30. The molecule has 4 nitrogen and oxygen atoms in total. The number of rotatable bonds is 2. The van der Waals surface area contributed by atoms with Crippen LogP contribution in [0.3, 0.4) is 0 Å². The van der Waals surface area contributed by atoms with Crippen LogP contribution >= 0.6 is 23.2 Å². The molecule has 28 heavy (non-hydrogen) atoms. The summed E-state index contributed by atoms with van der Waals surface area (Å²) in [5.41, 5.74) is 4.72. The molecule has 3 aromatic rings. The minimum absolute atomic E-state index is 0.0798. The van der Waals surface area contributed by atoms with Crippen LogP contribution in [0.4, 0.5) is 5.95 Å². The van der Waals surface area contributed by atoms with E-state index in [-0.39, 0.29) is 12.0 Å². The molecule has 0 bridgehead atoms. The van der Waals surface area contributed by atoms with Crippen molar-refractivity contribution in [1.82, 2.24) is 14.8 Å². The van der Waals surface area contributed by atoms with Gasteiger partial charge in [-0.15, -0.1) is 0 Å². The maximum atomic E-state index is 6.11. The van der Waals surface area contributed by atoms with Crippen molar-refractivity contribution in [3.05, 3.63) is 81.6 Å². The summed E-state index contributed by atoms with van der Waals surface area (Å²) in [7, 11) is 0. The third kappa shape index (κ3) is 3.17. The topological polar surface area (TPSA) is 43.1 Å². The van der Waals surface area contributed by atoms with Crippen molar-refractivity contribution in [2.24, 2.45) is 10.9 Å². The minimum atomic E-state index is 0.0798. The predicted octanol–water partition coefficient (Wildman–Crippen LogP) is 6.14. The van der Waals surface area contributed by atoms with Gasteiger partial charge in [0.15, 0.2) is 0 Å². The number of aromatic nitrogens is 3. The largest absolute Gasteiger partial charge is 0.248 e. The summed E-state index contributed by atoms with van der Waals surface area (Å²) in [6.07, 6.45) is 7.02. The average molecular weight is 409 g/mol. The number of hydrogen-bond donors (Lipinski definition) is 0. The summed E-state index contributed by atoms with van der Waals surface area (Å²) >= 11 is 12.1. The van der Waals surface area contributed by atoms with Crippen molar-refractivity contribution in [3.63, 3.8) is 0 Å². The predicted molar refractivity (Wildman–Crippen MR) is 113 cm³/mol. The molecular weight excluding hydrogens is 391 g/mol. The SMILES string of the molecule is Clc1ccc(/C=C2\CCCC3C2=Nc2ncnn2C3c2ccc(Cl)cc2)cc1. The molecule has 2 aliphatic rings. The molecule has 6 heteroatoms. The molecule has 1 saturated carbocycles. The van der Waals surface area contributed by atoms with E-state index in [9.17, 15) is 0 Å². The van der Waals surface area contributed by atoms with Gasteiger partial charge in [-0.05, 0) is 66.3 Å². The maximum Gasteiger partial charge on any atom is 0.248 e. The van der Waals surface area contributed by atoms with Crippen molar-refractivity contribution in [3.8, 4) is 0 Å². The molecule has 5 rings (SSSR count). The summed E-state index contributed by atoms with van der Waals surface area (Å²) in [6.45, 7) is 0. The van der Waals surface area contributed by atoms with E-state index in [4.69, 9.17) is 28.2 Å². The summed E-state index contributed by atoms with van der Waals surface area (Å²) in [6, 6.07) is 16.0. The van der Waals surface area contributed by atoms with Crippen molar-refractivity contribution in [1.29, 1.82) is 0 Å². The van der Waals surface area contributed by atoms with E-state index in [0.29, 0.717) is 5.95 Å². The van der Waals surface area contributed by atoms with Crippen LogP contribution in [0.15, 0.2) is 65.4 Å². The summed E-state index contributed by atoms with van der Waals surface area (Å²) in [5.74, 6) is 0.929. The highest BCUT2D eigenvalue weighted by Gasteiger charge is 2.38. The fourth-order valence-electron chi connectivity index (χ4n) is 4.22. The van der Waals surface area contributed by atoms with Gasteiger partial charge in [0.05, 0.1) is 11.8 Å². The standard InChI is InChI=1S/C22H18Cl2N4/c23-17-8-4-14(5-9-17)12-16-2-1-3-19-20(16)27-22-25-13-26-28(22)21(19)15-6-10-18(24)11-7-15/h4-13,19,21H,1-3H2/b16-12+. The molecule has 2 atom stereocenters. The first kappa shape index (κ1) is 17.7. The van der Waals surface area contributed by atoms with E-state index in [2.05, 4.69) is 28.3 Å². The van der Waals surface area contributed by atoms with Gasteiger partial charge >= 0.3 is 0 Å². The number of allylic oxidation sites excluding steroid dienone is 1. The first-order valence-corrected chi connectivity index (χ1v) is 10.1. The second-order valence-electron chi connectivity index (χ2n) is 7.22. The number of benzene rings is 2. The average Bonchev–Trinajstić information content (AvgIpc) is 3.17. The van der Waals surface area contributed by atoms with Crippen LogP contribution in [0.5, 0.6) is 0 Å². The zero-order chi connectivity index (χ0) is 19.1.